The smallest absolute Gasteiger partial charge is 0.345 e. The summed E-state index contributed by atoms with van der Waals surface area (Å²) in [5, 5.41) is 8.89. The highest BCUT2D eigenvalue weighted by atomic mass is 79.9. The number of nitrogens with zero attached hydrogens (tertiary/aromatic N) is 1. The van der Waals surface area contributed by atoms with Gasteiger partial charge in [-0.05, 0) is 36.9 Å². The van der Waals surface area contributed by atoms with Gasteiger partial charge in [-0.3, -0.25) is 4.90 Å². The molecule has 1 aromatic carbocycles. The van der Waals surface area contributed by atoms with E-state index in [4.69, 9.17) is 5.11 Å². The molecule has 0 aliphatic carbocycles. The van der Waals surface area contributed by atoms with Crippen molar-refractivity contribution < 1.29 is 9.90 Å². The summed E-state index contributed by atoms with van der Waals surface area (Å²) in [7, 11) is 2.03. The summed E-state index contributed by atoms with van der Waals surface area (Å²) < 4.78 is 1.07. The van der Waals surface area contributed by atoms with Crippen LogP contribution >= 0.6 is 27.3 Å². The summed E-state index contributed by atoms with van der Waals surface area (Å²) >= 11 is 4.75. The van der Waals surface area contributed by atoms with Crippen LogP contribution in [0.2, 0.25) is 0 Å². The molecule has 0 aliphatic heterocycles. The van der Waals surface area contributed by atoms with Crippen molar-refractivity contribution in [3.8, 4) is 0 Å². The molecule has 0 atom stereocenters. The summed E-state index contributed by atoms with van der Waals surface area (Å²) in [6.07, 6.45) is 0. The second-order valence-corrected chi connectivity index (χ2v) is 6.45. The molecule has 2 aromatic rings. The molecule has 0 radical (unpaired) electrons. The van der Waals surface area contributed by atoms with Crippen LogP contribution in [0.25, 0.3) is 0 Å². The Morgan fingerprint density at radius 3 is 2.47 bits per heavy atom. The fourth-order valence-corrected chi connectivity index (χ4v) is 2.99. The van der Waals surface area contributed by atoms with Crippen LogP contribution in [-0.4, -0.2) is 23.0 Å². The molecule has 0 bridgehead atoms. The highest BCUT2D eigenvalue weighted by Crippen LogP contribution is 2.19. The minimum absolute atomic E-state index is 0.395. The lowest BCUT2D eigenvalue weighted by molar-refractivity contribution is 0.0702. The number of aromatic carboxylic acids is 1. The van der Waals surface area contributed by atoms with Crippen LogP contribution in [0.5, 0.6) is 0 Å². The van der Waals surface area contributed by atoms with E-state index >= 15 is 0 Å². The minimum Gasteiger partial charge on any atom is -0.477 e. The lowest BCUT2D eigenvalue weighted by atomic mass is 10.2. The van der Waals surface area contributed by atoms with Gasteiger partial charge in [0, 0.05) is 22.4 Å². The largest absolute Gasteiger partial charge is 0.477 e. The maximum Gasteiger partial charge on any atom is 0.345 e. The van der Waals surface area contributed by atoms with Crippen LogP contribution in [0.1, 0.15) is 20.1 Å². The molecule has 1 aromatic heterocycles. The Kier molecular flexibility index (Phi) is 4.74. The molecule has 0 unspecified atom stereocenters. The fourth-order valence-electron chi connectivity index (χ4n) is 1.80. The highest BCUT2D eigenvalue weighted by molar-refractivity contribution is 9.10. The first-order chi connectivity index (χ1) is 9.04. The number of thiophene rings is 1. The first kappa shape index (κ1) is 14.2. The molecular weight excluding hydrogens is 326 g/mol. The van der Waals surface area contributed by atoms with Gasteiger partial charge in [-0.2, -0.15) is 0 Å². The molecule has 1 N–H and O–H groups in total. The molecule has 2 rings (SSSR count). The van der Waals surface area contributed by atoms with Crippen molar-refractivity contribution in [3.05, 3.63) is 56.2 Å². The molecule has 0 amide bonds. The second kappa shape index (κ2) is 6.32. The number of carboxylic acid groups (broad SMARTS) is 1. The number of benzene rings is 1. The predicted octanol–water partition coefficient (Wildman–Crippen LogP) is 3.84. The maximum absolute atomic E-state index is 10.8. The zero-order valence-electron chi connectivity index (χ0n) is 10.5. The first-order valence-electron chi connectivity index (χ1n) is 5.79. The summed E-state index contributed by atoms with van der Waals surface area (Å²) in [6, 6.07) is 11.8. The number of carboxylic acids is 1. The molecule has 0 saturated heterocycles. The van der Waals surface area contributed by atoms with Gasteiger partial charge in [0.05, 0.1) is 0 Å². The van der Waals surface area contributed by atoms with E-state index in [1.54, 1.807) is 6.07 Å². The zero-order valence-corrected chi connectivity index (χ0v) is 12.9. The van der Waals surface area contributed by atoms with Gasteiger partial charge in [0.2, 0.25) is 0 Å². The average Bonchev–Trinajstić information content (AvgIpc) is 2.80. The van der Waals surface area contributed by atoms with Crippen molar-refractivity contribution in [1.29, 1.82) is 0 Å². The van der Waals surface area contributed by atoms with Gasteiger partial charge in [0.1, 0.15) is 4.88 Å². The van der Waals surface area contributed by atoms with E-state index in [0.29, 0.717) is 4.88 Å². The van der Waals surface area contributed by atoms with E-state index in [2.05, 4.69) is 33.0 Å². The standard InChI is InChI=1S/C14H14BrNO2S/c1-16(8-10-2-4-11(15)5-3-10)9-12-6-7-13(19-12)14(17)18/h2-7H,8-9H2,1H3,(H,17,18). The molecule has 0 fully saturated rings. The molecule has 1 heterocycles. The highest BCUT2D eigenvalue weighted by Gasteiger charge is 2.08. The number of hydrogen-bond acceptors (Lipinski definition) is 3. The molecule has 5 heteroatoms. The van der Waals surface area contributed by atoms with Crippen LogP contribution in [0.3, 0.4) is 0 Å². The van der Waals surface area contributed by atoms with E-state index in [-0.39, 0.29) is 0 Å². The third kappa shape index (κ3) is 4.16. The van der Waals surface area contributed by atoms with Crippen LogP contribution in [0.4, 0.5) is 0 Å². The van der Waals surface area contributed by atoms with Crippen molar-refractivity contribution in [3.63, 3.8) is 0 Å². The first-order valence-corrected chi connectivity index (χ1v) is 7.40. The third-order valence-electron chi connectivity index (χ3n) is 2.66. The van der Waals surface area contributed by atoms with Gasteiger partial charge in [0.15, 0.2) is 0 Å². The van der Waals surface area contributed by atoms with E-state index in [0.717, 1.165) is 22.4 Å². The lowest BCUT2D eigenvalue weighted by Gasteiger charge is -2.15. The maximum atomic E-state index is 10.8. The Morgan fingerprint density at radius 1 is 1.21 bits per heavy atom. The van der Waals surface area contributed by atoms with Crippen LogP contribution in [0, 0.1) is 0 Å². The Hall–Kier alpha value is -1.17. The average molecular weight is 340 g/mol. The van der Waals surface area contributed by atoms with Crippen molar-refractivity contribution in [2.75, 3.05) is 7.05 Å². The van der Waals surface area contributed by atoms with Crippen molar-refractivity contribution >= 4 is 33.2 Å². The number of rotatable bonds is 5. The summed E-state index contributed by atoms with van der Waals surface area (Å²) in [5.74, 6) is -0.855. The van der Waals surface area contributed by atoms with Gasteiger partial charge in [0.25, 0.3) is 0 Å². The van der Waals surface area contributed by atoms with Crippen LogP contribution in [0.15, 0.2) is 40.9 Å². The van der Waals surface area contributed by atoms with E-state index in [9.17, 15) is 4.79 Å². The predicted molar refractivity (Wildman–Crippen MR) is 80.6 cm³/mol. The van der Waals surface area contributed by atoms with Crippen molar-refractivity contribution in [1.82, 2.24) is 4.90 Å². The normalized spacial score (nSPS) is 10.9. The Labute approximate surface area is 124 Å². The lowest BCUT2D eigenvalue weighted by Crippen LogP contribution is -2.16. The topological polar surface area (TPSA) is 40.5 Å². The van der Waals surface area contributed by atoms with Gasteiger partial charge in [-0.15, -0.1) is 11.3 Å². The molecular formula is C14H14BrNO2S. The van der Waals surface area contributed by atoms with Crippen molar-refractivity contribution in [2.45, 2.75) is 13.1 Å². The fraction of sp³-hybridized carbons (Fsp3) is 0.214. The molecule has 0 aliphatic rings. The number of hydrogen-bond donors (Lipinski definition) is 1. The molecule has 100 valence electrons. The Morgan fingerprint density at radius 2 is 1.89 bits per heavy atom. The van der Waals surface area contributed by atoms with Crippen LogP contribution in [-0.2, 0) is 13.1 Å². The quantitative estimate of drug-likeness (QED) is 0.899. The molecule has 0 spiro atoms. The summed E-state index contributed by atoms with van der Waals surface area (Å²) in [6.45, 7) is 1.60. The van der Waals surface area contributed by atoms with Gasteiger partial charge in [-0.1, -0.05) is 28.1 Å². The molecule has 3 nitrogen and oxygen atoms in total. The Balaban J connectivity index is 1.94. The zero-order chi connectivity index (χ0) is 13.8. The number of halogens is 1. The monoisotopic (exact) mass is 339 g/mol. The van der Waals surface area contributed by atoms with Crippen LogP contribution < -0.4 is 0 Å². The van der Waals surface area contributed by atoms with Gasteiger partial charge in [-0.25, -0.2) is 4.79 Å². The third-order valence-corrected chi connectivity index (χ3v) is 4.25. The Bertz CT molecular complexity index is 565. The van der Waals surface area contributed by atoms with Gasteiger partial charge >= 0.3 is 5.97 Å². The van der Waals surface area contributed by atoms with E-state index in [1.165, 1.54) is 16.9 Å². The number of carbonyl (C=O) groups is 1. The summed E-state index contributed by atoms with van der Waals surface area (Å²) in [5.41, 5.74) is 1.24. The molecule has 0 saturated carbocycles. The van der Waals surface area contributed by atoms with Gasteiger partial charge < -0.3 is 5.11 Å². The SMILES string of the molecule is CN(Cc1ccc(Br)cc1)Cc1ccc(C(=O)O)s1. The van der Waals surface area contributed by atoms with Crippen molar-refractivity contribution in [2.24, 2.45) is 0 Å². The minimum atomic E-state index is -0.855. The van der Waals surface area contributed by atoms with E-state index < -0.39 is 5.97 Å². The van der Waals surface area contributed by atoms with E-state index in [1.807, 2.05) is 25.2 Å². The molecule has 19 heavy (non-hydrogen) atoms. The summed E-state index contributed by atoms with van der Waals surface area (Å²) in [4.78, 5) is 14.4. The second-order valence-electron chi connectivity index (χ2n) is 4.37.